The third-order valence-electron chi connectivity index (χ3n) is 3.71. The Labute approximate surface area is 130 Å². The molecule has 0 amide bonds. The molecule has 112 valence electrons. The van der Waals surface area contributed by atoms with Crippen molar-refractivity contribution >= 4 is 11.6 Å². The lowest BCUT2D eigenvalue weighted by molar-refractivity contribution is 0.263. The van der Waals surface area contributed by atoms with Crippen molar-refractivity contribution in [2.24, 2.45) is 0 Å². The van der Waals surface area contributed by atoms with Crippen molar-refractivity contribution in [1.82, 2.24) is 5.32 Å². The number of furan rings is 1. The molecule has 1 aromatic carbocycles. The molecular weight excluding hydrogens is 286 g/mol. The first kappa shape index (κ1) is 14.5. The molecule has 21 heavy (non-hydrogen) atoms. The molecule has 1 aliphatic rings. The van der Waals surface area contributed by atoms with E-state index in [2.05, 4.69) is 18.3 Å². The molecule has 2 aromatic rings. The van der Waals surface area contributed by atoms with E-state index in [-0.39, 0.29) is 0 Å². The van der Waals surface area contributed by atoms with Crippen molar-refractivity contribution in [3.63, 3.8) is 0 Å². The third-order valence-corrected chi connectivity index (χ3v) is 3.94. The molecule has 1 aliphatic carbocycles. The lowest BCUT2D eigenvalue weighted by Gasteiger charge is -2.07. The summed E-state index contributed by atoms with van der Waals surface area (Å²) in [5.74, 6) is 2.70. The van der Waals surface area contributed by atoms with Gasteiger partial charge in [0.1, 0.15) is 23.9 Å². The Kier molecular flexibility index (Phi) is 4.22. The van der Waals surface area contributed by atoms with Crippen LogP contribution in [0.3, 0.4) is 0 Å². The number of nitrogens with one attached hydrogen (secondary N) is 1. The highest BCUT2D eigenvalue weighted by Crippen LogP contribution is 2.24. The average Bonchev–Trinajstić information content (AvgIpc) is 3.20. The van der Waals surface area contributed by atoms with Crippen LogP contribution in [0.5, 0.6) is 5.75 Å². The van der Waals surface area contributed by atoms with Crippen LogP contribution in [0.1, 0.15) is 35.5 Å². The fourth-order valence-electron chi connectivity index (χ4n) is 2.28. The number of rotatable bonds is 6. The third kappa shape index (κ3) is 3.80. The van der Waals surface area contributed by atoms with Crippen LogP contribution in [0.25, 0.3) is 0 Å². The largest absolute Gasteiger partial charge is 0.485 e. The smallest absolute Gasteiger partial charge is 0.146 e. The van der Waals surface area contributed by atoms with Gasteiger partial charge in [0.15, 0.2) is 0 Å². The first-order valence-electron chi connectivity index (χ1n) is 7.32. The van der Waals surface area contributed by atoms with Gasteiger partial charge in [0.25, 0.3) is 0 Å². The zero-order valence-corrected chi connectivity index (χ0v) is 13.2. The highest BCUT2D eigenvalue weighted by atomic mass is 35.5. The molecule has 1 fully saturated rings. The number of hydrogen-bond donors (Lipinski definition) is 1. The molecule has 1 saturated carbocycles. The fourth-order valence-corrected chi connectivity index (χ4v) is 2.51. The van der Waals surface area contributed by atoms with Crippen molar-refractivity contribution < 1.29 is 9.15 Å². The molecule has 1 N–H and O–H groups in total. The van der Waals surface area contributed by atoms with Gasteiger partial charge >= 0.3 is 0 Å². The molecule has 0 atom stereocenters. The second-order valence-corrected chi connectivity index (χ2v) is 6.11. The number of ether oxygens (including phenoxy) is 1. The summed E-state index contributed by atoms with van der Waals surface area (Å²) < 4.78 is 11.7. The summed E-state index contributed by atoms with van der Waals surface area (Å²) in [6.07, 6.45) is 2.57. The van der Waals surface area contributed by atoms with Crippen LogP contribution in [0.2, 0.25) is 5.02 Å². The van der Waals surface area contributed by atoms with Gasteiger partial charge in [-0.1, -0.05) is 11.6 Å². The molecule has 0 bridgehead atoms. The molecule has 0 aliphatic heterocycles. The van der Waals surface area contributed by atoms with E-state index >= 15 is 0 Å². The Morgan fingerprint density at radius 1 is 1.24 bits per heavy atom. The topological polar surface area (TPSA) is 34.4 Å². The van der Waals surface area contributed by atoms with E-state index in [0.29, 0.717) is 12.6 Å². The summed E-state index contributed by atoms with van der Waals surface area (Å²) in [6.45, 7) is 5.30. The van der Waals surface area contributed by atoms with Crippen LogP contribution in [0.4, 0.5) is 0 Å². The van der Waals surface area contributed by atoms with Gasteiger partial charge in [-0.3, -0.25) is 0 Å². The Hall–Kier alpha value is -1.45. The van der Waals surface area contributed by atoms with Gasteiger partial charge in [-0.05, 0) is 62.1 Å². The second-order valence-electron chi connectivity index (χ2n) is 5.67. The minimum atomic E-state index is 0.437. The lowest BCUT2D eigenvalue weighted by atomic mass is 10.2. The monoisotopic (exact) mass is 305 g/mol. The number of benzene rings is 1. The predicted octanol–water partition coefficient (Wildman–Crippen LogP) is 4.38. The Balaban J connectivity index is 1.60. The summed E-state index contributed by atoms with van der Waals surface area (Å²) in [4.78, 5) is 0. The molecule has 3 rings (SSSR count). The zero-order chi connectivity index (χ0) is 14.8. The maximum absolute atomic E-state index is 5.94. The molecule has 0 spiro atoms. The molecule has 0 unspecified atom stereocenters. The molecule has 3 nitrogen and oxygen atoms in total. The molecular formula is C17H20ClNO2. The maximum Gasteiger partial charge on any atom is 0.146 e. The van der Waals surface area contributed by atoms with E-state index in [9.17, 15) is 0 Å². The summed E-state index contributed by atoms with van der Waals surface area (Å²) in [7, 11) is 0. The van der Waals surface area contributed by atoms with Crippen LogP contribution in [0.15, 0.2) is 28.7 Å². The summed E-state index contributed by atoms with van der Waals surface area (Å²) in [5.41, 5.74) is 2.20. The van der Waals surface area contributed by atoms with E-state index in [4.69, 9.17) is 20.8 Å². The van der Waals surface area contributed by atoms with Crippen molar-refractivity contribution in [3.05, 3.63) is 51.9 Å². The number of hydrogen-bond acceptors (Lipinski definition) is 3. The van der Waals surface area contributed by atoms with E-state index in [1.165, 1.54) is 18.4 Å². The van der Waals surface area contributed by atoms with E-state index in [1.807, 2.05) is 25.1 Å². The fraction of sp³-hybridized carbons (Fsp3) is 0.412. The first-order chi connectivity index (χ1) is 10.1. The van der Waals surface area contributed by atoms with Gasteiger partial charge in [-0.2, -0.15) is 0 Å². The molecule has 0 radical (unpaired) electrons. The second kappa shape index (κ2) is 6.12. The van der Waals surface area contributed by atoms with E-state index in [1.54, 1.807) is 0 Å². The Bertz CT molecular complexity index is 632. The normalized spacial score (nSPS) is 14.4. The minimum absolute atomic E-state index is 0.437. The Morgan fingerprint density at radius 3 is 2.76 bits per heavy atom. The standard InChI is InChI=1S/C17H20ClNO2/c1-11-7-13(18)3-6-16(11)20-10-15-8-12(2)17(21-15)9-19-14-4-5-14/h3,6-8,14,19H,4-5,9-10H2,1-2H3. The van der Waals surface area contributed by atoms with Gasteiger partial charge in [0, 0.05) is 11.1 Å². The first-order valence-corrected chi connectivity index (χ1v) is 7.70. The molecule has 0 saturated heterocycles. The number of aryl methyl sites for hydroxylation is 2. The van der Waals surface area contributed by atoms with Crippen LogP contribution in [-0.4, -0.2) is 6.04 Å². The van der Waals surface area contributed by atoms with Gasteiger partial charge in [-0.25, -0.2) is 0 Å². The van der Waals surface area contributed by atoms with Crippen molar-refractivity contribution in [2.45, 2.75) is 45.9 Å². The summed E-state index contributed by atoms with van der Waals surface area (Å²) in [5, 5.41) is 4.19. The quantitative estimate of drug-likeness (QED) is 0.860. The molecule has 1 aromatic heterocycles. The van der Waals surface area contributed by atoms with Crippen molar-refractivity contribution in [3.8, 4) is 5.75 Å². The predicted molar refractivity (Wildman–Crippen MR) is 83.8 cm³/mol. The Morgan fingerprint density at radius 2 is 2.05 bits per heavy atom. The van der Waals surface area contributed by atoms with Crippen molar-refractivity contribution in [2.75, 3.05) is 0 Å². The van der Waals surface area contributed by atoms with Crippen LogP contribution >= 0.6 is 11.6 Å². The van der Waals surface area contributed by atoms with Gasteiger partial charge in [-0.15, -0.1) is 0 Å². The summed E-state index contributed by atoms with van der Waals surface area (Å²) in [6, 6.07) is 8.36. The molecule has 1 heterocycles. The molecule has 4 heteroatoms. The van der Waals surface area contributed by atoms with Crippen LogP contribution in [-0.2, 0) is 13.2 Å². The highest BCUT2D eigenvalue weighted by molar-refractivity contribution is 6.30. The van der Waals surface area contributed by atoms with Crippen LogP contribution in [0, 0.1) is 13.8 Å². The van der Waals surface area contributed by atoms with Crippen LogP contribution < -0.4 is 10.1 Å². The van der Waals surface area contributed by atoms with Gasteiger partial charge < -0.3 is 14.5 Å². The van der Waals surface area contributed by atoms with Crippen molar-refractivity contribution in [1.29, 1.82) is 0 Å². The summed E-state index contributed by atoms with van der Waals surface area (Å²) >= 11 is 5.94. The highest BCUT2D eigenvalue weighted by Gasteiger charge is 2.21. The maximum atomic E-state index is 5.94. The lowest BCUT2D eigenvalue weighted by Crippen LogP contribution is -2.15. The van der Waals surface area contributed by atoms with Gasteiger partial charge in [0.05, 0.1) is 6.54 Å². The minimum Gasteiger partial charge on any atom is -0.485 e. The van der Waals surface area contributed by atoms with E-state index < -0.39 is 0 Å². The average molecular weight is 306 g/mol. The van der Waals surface area contributed by atoms with E-state index in [0.717, 1.165) is 34.4 Å². The number of halogens is 1. The van der Waals surface area contributed by atoms with Gasteiger partial charge in [0.2, 0.25) is 0 Å². The zero-order valence-electron chi connectivity index (χ0n) is 12.4. The SMILES string of the molecule is Cc1cc(Cl)ccc1OCc1cc(C)c(CNC2CC2)o1.